The van der Waals surface area contributed by atoms with Crippen molar-refractivity contribution in [2.75, 3.05) is 0 Å². The lowest BCUT2D eigenvalue weighted by molar-refractivity contribution is 0.701. The fourth-order valence-corrected chi connectivity index (χ4v) is 2.49. The molecule has 2 aromatic rings. The summed E-state index contributed by atoms with van der Waals surface area (Å²) in [7, 11) is 0. The van der Waals surface area contributed by atoms with Crippen molar-refractivity contribution in [1.29, 1.82) is 0 Å². The first-order valence-corrected chi connectivity index (χ1v) is 6.78. The van der Waals surface area contributed by atoms with E-state index in [4.69, 9.17) is 5.73 Å². The second-order valence-electron chi connectivity index (χ2n) is 4.64. The maximum atomic E-state index is 6.26. The second-order valence-corrected chi connectivity index (χ2v) is 5.55. The number of rotatable bonds is 3. The number of benzene rings is 1. The van der Waals surface area contributed by atoms with Crippen LogP contribution in [-0.2, 0) is 6.42 Å². The van der Waals surface area contributed by atoms with Crippen LogP contribution in [0.15, 0.2) is 41.0 Å². The molecule has 18 heavy (non-hydrogen) atoms. The van der Waals surface area contributed by atoms with E-state index in [1.165, 1.54) is 16.7 Å². The molecule has 1 unspecified atom stereocenters. The highest BCUT2D eigenvalue weighted by molar-refractivity contribution is 9.10. The SMILES string of the molecule is Cc1ccc(CC(N)c2ccc(Br)cc2C)nc1. The molecule has 0 saturated heterocycles. The Morgan fingerprint density at radius 2 is 2.00 bits per heavy atom. The zero-order chi connectivity index (χ0) is 13.1. The third-order valence-electron chi connectivity index (χ3n) is 3.03. The predicted molar refractivity (Wildman–Crippen MR) is 78.5 cm³/mol. The lowest BCUT2D eigenvalue weighted by atomic mass is 9.98. The van der Waals surface area contributed by atoms with Crippen LogP contribution in [-0.4, -0.2) is 4.98 Å². The van der Waals surface area contributed by atoms with Gasteiger partial charge in [-0.3, -0.25) is 4.98 Å². The topological polar surface area (TPSA) is 38.9 Å². The molecular weight excluding hydrogens is 288 g/mol. The average molecular weight is 305 g/mol. The van der Waals surface area contributed by atoms with Crippen LogP contribution in [0, 0.1) is 13.8 Å². The Hall–Kier alpha value is -1.19. The minimum atomic E-state index is -0.00620. The molecule has 1 atom stereocenters. The molecule has 1 aromatic carbocycles. The summed E-state index contributed by atoms with van der Waals surface area (Å²) in [5.74, 6) is 0. The molecule has 1 heterocycles. The summed E-state index contributed by atoms with van der Waals surface area (Å²) in [5.41, 5.74) is 10.9. The molecular formula is C15H17BrN2. The predicted octanol–water partition coefficient (Wildman–Crippen LogP) is 3.70. The van der Waals surface area contributed by atoms with Crippen molar-refractivity contribution in [1.82, 2.24) is 4.98 Å². The Balaban J connectivity index is 2.16. The lowest BCUT2D eigenvalue weighted by Crippen LogP contribution is -2.15. The Labute approximate surface area is 116 Å². The van der Waals surface area contributed by atoms with Gasteiger partial charge in [-0.05, 0) is 48.7 Å². The van der Waals surface area contributed by atoms with Gasteiger partial charge >= 0.3 is 0 Å². The molecule has 0 aliphatic carbocycles. The van der Waals surface area contributed by atoms with Gasteiger partial charge in [0.15, 0.2) is 0 Å². The lowest BCUT2D eigenvalue weighted by Gasteiger charge is -2.14. The molecule has 0 bridgehead atoms. The number of hydrogen-bond donors (Lipinski definition) is 1. The van der Waals surface area contributed by atoms with Gasteiger partial charge in [-0.1, -0.05) is 28.1 Å². The number of hydrogen-bond acceptors (Lipinski definition) is 2. The molecule has 2 rings (SSSR count). The van der Waals surface area contributed by atoms with E-state index < -0.39 is 0 Å². The molecule has 0 spiro atoms. The summed E-state index contributed by atoms with van der Waals surface area (Å²) in [6.45, 7) is 4.12. The monoisotopic (exact) mass is 304 g/mol. The molecule has 0 saturated carbocycles. The van der Waals surface area contributed by atoms with E-state index in [1.54, 1.807) is 0 Å². The summed E-state index contributed by atoms with van der Waals surface area (Å²) in [6.07, 6.45) is 2.65. The first-order chi connectivity index (χ1) is 8.56. The number of nitrogens with two attached hydrogens (primary N) is 1. The van der Waals surface area contributed by atoms with E-state index in [1.807, 2.05) is 25.3 Å². The Kier molecular flexibility index (Phi) is 4.15. The highest BCUT2D eigenvalue weighted by Crippen LogP contribution is 2.22. The molecule has 1 aromatic heterocycles. The van der Waals surface area contributed by atoms with Crippen LogP contribution in [0.2, 0.25) is 0 Å². The molecule has 2 nitrogen and oxygen atoms in total. The summed E-state index contributed by atoms with van der Waals surface area (Å²) >= 11 is 3.47. The van der Waals surface area contributed by atoms with Crippen LogP contribution in [0.1, 0.15) is 28.4 Å². The zero-order valence-corrected chi connectivity index (χ0v) is 12.2. The molecule has 0 aliphatic rings. The van der Waals surface area contributed by atoms with E-state index in [2.05, 4.69) is 46.0 Å². The van der Waals surface area contributed by atoms with Gasteiger partial charge in [0.1, 0.15) is 0 Å². The van der Waals surface area contributed by atoms with E-state index in [-0.39, 0.29) is 6.04 Å². The van der Waals surface area contributed by atoms with Gasteiger partial charge in [0, 0.05) is 28.8 Å². The van der Waals surface area contributed by atoms with Crippen molar-refractivity contribution < 1.29 is 0 Å². The van der Waals surface area contributed by atoms with Crippen molar-refractivity contribution in [2.24, 2.45) is 5.73 Å². The fraction of sp³-hybridized carbons (Fsp3) is 0.267. The smallest absolute Gasteiger partial charge is 0.0422 e. The molecule has 0 amide bonds. The summed E-state index contributed by atoms with van der Waals surface area (Å²) < 4.78 is 1.09. The standard InChI is InChI=1S/C15H17BrN2/c1-10-3-5-13(18-9-10)8-15(17)14-6-4-12(16)7-11(14)2/h3-7,9,15H,8,17H2,1-2H3. The highest BCUT2D eigenvalue weighted by Gasteiger charge is 2.10. The molecule has 0 fully saturated rings. The van der Waals surface area contributed by atoms with Crippen LogP contribution in [0.25, 0.3) is 0 Å². The highest BCUT2D eigenvalue weighted by atomic mass is 79.9. The number of aromatic nitrogens is 1. The molecule has 3 heteroatoms. The first-order valence-electron chi connectivity index (χ1n) is 5.99. The molecule has 2 N–H and O–H groups in total. The summed E-state index contributed by atoms with van der Waals surface area (Å²) in [5, 5.41) is 0. The summed E-state index contributed by atoms with van der Waals surface area (Å²) in [6, 6.07) is 10.3. The van der Waals surface area contributed by atoms with Gasteiger partial charge in [-0.25, -0.2) is 0 Å². The van der Waals surface area contributed by atoms with Gasteiger partial charge in [-0.2, -0.15) is 0 Å². The Morgan fingerprint density at radius 3 is 2.61 bits per heavy atom. The van der Waals surface area contributed by atoms with Crippen molar-refractivity contribution in [3.63, 3.8) is 0 Å². The van der Waals surface area contributed by atoms with Crippen molar-refractivity contribution >= 4 is 15.9 Å². The quantitative estimate of drug-likeness (QED) is 0.939. The molecule has 0 aliphatic heterocycles. The number of halogens is 1. The first kappa shape index (κ1) is 13.2. The minimum absolute atomic E-state index is 0.00620. The van der Waals surface area contributed by atoms with E-state index in [0.717, 1.165) is 16.6 Å². The maximum absolute atomic E-state index is 6.26. The van der Waals surface area contributed by atoms with Crippen LogP contribution in [0.5, 0.6) is 0 Å². The Morgan fingerprint density at radius 1 is 1.22 bits per heavy atom. The Bertz CT molecular complexity index is 535. The number of nitrogens with zero attached hydrogens (tertiary/aromatic N) is 1. The number of pyridine rings is 1. The van der Waals surface area contributed by atoms with Crippen LogP contribution >= 0.6 is 15.9 Å². The summed E-state index contributed by atoms with van der Waals surface area (Å²) in [4.78, 5) is 4.40. The second kappa shape index (κ2) is 5.63. The third kappa shape index (κ3) is 3.18. The van der Waals surface area contributed by atoms with Gasteiger partial charge in [0.2, 0.25) is 0 Å². The largest absolute Gasteiger partial charge is 0.324 e. The normalized spacial score (nSPS) is 12.4. The van der Waals surface area contributed by atoms with Crippen LogP contribution in [0.3, 0.4) is 0 Å². The van der Waals surface area contributed by atoms with Crippen molar-refractivity contribution in [2.45, 2.75) is 26.3 Å². The average Bonchev–Trinajstić information content (AvgIpc) is 2.32. The maximum Gasteiger partial charge on any atom is 0.0422 e. The molecule has 0 radical (unpaired) electrons. The van der Waals surface area contributed by atoms with Crippen molar-refractivity contribution in [3.8, 4) is 0 Å². The van der Waals surface area contributed by atoms with E-state index in [9.17, 15) is 0 Å². The molecule has 94 valence electrons. The number of aryl methyl sites for hydroxylation is 2. The van der Waals surface area contributed by atoms with E-state index in [0.29, 0.717) is 0 Å². The fourth-order valence-electron chi connectivity index (χ4n) is 2.01. The zero-order valence-electron chi connectivity index (χ0n) is 10.7. The van der Waals surface area contributed by atoms with Crippen LogP contribution < -0.4 is 5.73 Å². The van der Waals surface area contributed by atoms with Crippen molar-refractivity contribution in [3.05, 3.63) is 63.4 Å². The van der Waals surface area contributed by atoms with E-state index >= 15 is 0 Å². The van der Waals surface area contributed by atoms with Crippen LogP contribution in [0.4, 0.5) is 0 Å². The van der Waals surface area contributed by atoms with Gasteiger partial charge in [0.25, 0.3) is 0 Å². The third-order valence-corrected chi connectivity index (χ3v) is 3.53. The van der Waals surface area contributed by atoms with Gasteiger partial charge < -0.3 is 5.73 Å². The van der Waals surface area contributed by atoms with Gasteiger partial charge in [-0.15, -0.1) is 0 Å². The minimum Gasteiger partial charge on any atom is -0.324 e. The van der Waals surface area contributed by atoms with Gasteiger partial charge in [0.05, 0.1) is 0 Å².